The van der Waals surface area contributed by atoms with E-state index in [0.717, 1.165) is 31.0 Å². The number of nitrogens with one attached hydrogen (secondary N) is 1. The lowest BCUT2D eigenvalue weighted by Gasteiger charge is -2.06. The molecule has 1 N–H and O–H groups in total. The Morgan fingerprint density at radius 1 is 1.43 bits per heavy atom. The van der Waals surface area contributed by atoms with Gasteiger partial charge in [0.25, 0.3) is 0 Å². The predicted molar refractivity (Wildman–Crippen MR) is 57.2 cm³/mol. The van der Waals surface area contributed by atoms with Crippen LogP contribution in [0.25, 0.3) is 0 Å². The van der Waals surface area contributed by atoms with Gasteiger partial charge in [0, 0.05) is 32.5 Å². The fraction of sp³-hybridized carbons (Fsp3) is 0.800. The minimum absolute atomic E-state index is 0.536. The van der Waals surface area contributed by atoms with Gasteiger partial charge in [0.1, 0.15) is 5.82 Å². The predicted octanol–water partition coefficient (Wildman–Crippen LogP) is 0.918. The van der Waals surface area contributed by atoms with Crippen molar-refractivity contribution in [3.05, 3.63) is 11.6 Å². The molecule has 0 saturated carbocycles. The summed E-state index contributed by atoms with van der Waals surface area (Å²) in [7, 11) is 1.96. The number of nitrogens with zero attached hydrogens (tertiary/aromatic N) is 3. The molecule has 0 bridgehead atoms. The van der Waals surface area contributed by atoms with Gasteiger partial charge >= 0.3 is 0 Å². The molecular formula is C10H20N4. The molecule has 0 unspecified atom stereocenters. The molecule has 1 rings (SSSR count). The van der Waals surface area contributed by atoms with E-state index in [1.807, 2.05) is 11.7 Å². The topological polar surface area (TPSA) is 42.7 Å². The van der Waals surface area contributed by atoms with Crippen molar-refractivity contribution in [1.29, 1.82) is 0 Å². The van der Waals surface area contributed by atoms with Crippen molar-refractivity contribution in [3.8, 4) is 0 Å². The van der Waals surface area contributed by atoms with Crippen LogP contribution in [0.2, 0.25) is 0 Å². The average molecular weight is 196 g/mol. The molecule has 80 valence electrons. The molecule has 1 heterocycles. The van der Waals surface area contributed by atoms with Crippen LogP contribution >= 0.6 is 0 Å². The van der Waals surface area contributed by atoms with Crippen molar-refractivity contribution in [2.24, 2.45) is 7.05 Å². The van der Waals surface area contributed by atoms with Crippen molar-refractivity contribution in [3.63, 3.8) is 0 Å². The summed E-state index contributed by atoms with van der Waals surface area (Å²) in [6, 6.07) is 0.536. The van der Waals surface area contributed by atoms with E-state index in [9.17, 15) is 0 Å². The smallest absolute Gasteiger partial charge is 0.150 e. The second-order valence-corrected chi connectivity index (χ2v) is 3.78. The van der Waals surface area contributed by atoms with Crippen molar-refractivity contribution >= 4 is 0 Å². The fourth-order valence-corrected chi connectivity index (χ4v) is 1.31. The Morgan fingerprint density at radius 3 is 2.64 bits per heavy atom. The Balaban J connectivity index is 2.45. The summed E-state index contributed by atoms with van der Waals surface area (Å²) in [6.07, 6.45) is 1.85. The van der Waals surface area contributed by atoms with E-state index < -0.39 is 0 Å². The number of aromatic nitrogens is 3. The Labute approximate surface area is 85.7 Å². The maximum Gasteiger partial charge on any atom is 0.150 e. The molecule has 0 fully saturated rings. The zero-order valence-electron chi connectivity index (χ0n) is 9.54. The standard InChI is InChI=1S/C10H20N4/c1-5-9-12-10(14(4)13-9)6-7-11-8(2)3/h8,11H,5-7H2,1-4H3. The Kier molecular flexibility index (Phi) is 4.07. The molecule has 0 saturated heterocycles. The average Bonchev–Trinajstić information content (AvgIpc) is 2.47. The minimum Gasteiger partial charge on any atom is -0.314 e. The van der Waals surface area contributed by atoms with Crippen LogP contribution in [0.15, 0.2) is 0 Å². The third-order valence-corrected chi connectivity index (χ3v) is 2.11. The first-order chi connectivity index (χ1) is 6.63. The van der Waals surface area contributed by atoms with E-state index in [0.29, 0.717) is 6.04 Å². The highest BCUT2D eigenvalue weighted by atomic mass is 15.3. The van der Waals surface area contributed by atoms with Crippen LogP contribution in [0.5, 0.6) is 0 Å². The van der Waals surface area contributed by atoms with Crippen LogP contribution in [0.1, 0.15) is 32.4 Å². The lowest BCUT2D eigenvalue weighted by molar-refractivity contribution is 0.571. The quantitative estimate of drug-likeness (QED) is 0.761. The van der Waals surface area contributed by atoms with Gasteiger partial charge in [-0.05, 0) is 0 Å². The van der Waals surface area contributed by atoms with E-state index in [1.165, 1.54) is 0 Å². The summed E-state index contributed by atoms with van der Waals surface area (Å²) in [5.74, 6) is 2.00. The maximum atomic E-state index is 4.44. The van der Waals surface area contributed by atoms with Crippen molar-refractivity contribution in [1.82, 2.24) is 20.1 Å². The van der Waals surface area contributed by atoms with Gasteiger partial charge in [0.15, 0.2) is 5.82 Å². The van der Waals surface area contributed by atoms with E-state index in [2.05, 4.69) is 36.2 Å². The lowest BCUT2D eigenvalue weighted by Crippen LogP contribution is -2.25. The summed E-state index contributed by atoms with van der Waals surface area (Å²) in [5.41, 5.74) is 0. The van der Waals surface area contributed by atoms with Crippen LogP contribution in [0.4, 0.5) is 0 Å². The first kappa shape index (κ1) is 11.2. The minimum atomic E-state index is 0.536. The molecule has 0 aliphatic heterocycles. The van der Waals surface area contributed by atoms with Crippen LogP contribution in [0, 0.1) is 0 Å². The molecular weight excluding hydrogens is 176 g/mol. The molecule has 0 aromatic carbocycles. The molecule has 1 aromatic heterocycles. The van der Waals surface area contributed by atoms with E-state index in [4.69, 9.17) is 0 Å². The summed E-state index contributed by atoms with van der Waals surface area (Å²) in [4.78, 5) is 4.44. The second kappa shape index (κ2) is 5.10. The van der Waals surface area contributed by atoms with Gasteiger partial charge in [-0.3, -0.25) is 4.68 Å². The first-order valence-electron chi connectivity index (χ1n) is 5.25. The number of hydrogen-bond acceptors (Lipinski definition) is 3. The zero-order valence-corrected chi connectivity index (χ0v) is 9.54. The zero-order chi connectivity index (χ0) is 10.6. The molecule has 0 amide bonds. The van der Waals surface area contributed by atoms with Crippen molar-refractivity contribution in [2.75, 3.05) is 6.54 Å². The Morgan fingerprint density at radius 2 is 2.14 bits per heavy atom. The molecule has 0 aliphatic carbocycles. The monoisotopic (exact) mass is 196 g/mol. The molecule has 0 spiro atoms. The van der Waals surface area contributed by atoms with Gasteiger partial charge in [0.2, 0.25) is 0 Å². The van der Waals surface area contributed by atoms with Gasteiger partial charge < -0.3 is 5.32 Å². The summed E-state index contributed by atoms with van der Waals surface area (Å²) >= 11 is 0. The number of hydrogen-bond donors (Lipinski definition) is 1. The van der Waals surface area contributed by atoms with E-state index >= 15 is 0 Å². The van der Waals surface area contributed by atoms with E-state index in [1.54, 1.807) is 0 Å². The Hall–Kier alpha value is -0.900. The fourth-order valence-electron chi connectivity index (χ4n) is 1.31. The number of rotatable bonds is 5. The highest BCUT2D eigenvalue weighted by Gasteiger charge is 2.04. The normalized spacial score (nSPS) is 11.2. The molecule has 4 nitrogen and oxygen atoms in total. The third-order valence-electron chi connectivity index (χ3n) is 2.11. The van der Waals surface area contributed by atoms with Gasteiger partial charge in [-0.15, -0.1) is 0 Å². The van der Waals surface area contributed by atoms with Crippen molar-refractivity contribution < 1.29 is 0 Å². The highest BCUT2D eigenvalue weighted by Crippen LogP contribution is 1.98. The first-order valence-corrected chi connectivity index (χ1v) is 5.25. The third kappa shape index (κ3) is 3.10. The van der Waals surface area contributed by atoms with Gasteiger partial charge in [-0.25, -0.2) is 4.98 Å². The SMILES string of the molecule is CCc1nc(CCNC(C)C)n(C)n1. The molecule has 14 heavy (non-hydrogen) atoms. The molecule has 0 aliphatic rings. The largest absolute Gasteiger partial charge is 0.314 e. The van der Waals surface area contributed by atoms with Crippen LogP contribution in [0.3, 0.4) is 0 Å². The second-order valence-electron chi connectivity index (χ2n) is 3.78. The lowest BCUT2D eigenvalue weighted by atomic mass is 10.3. The molecule has 1 aromatic rings. The van der Waals surface area contributed by atoms with Gasteiger partial charge in [-0.2, -0.15) is 5.10 Å². The summed E-state index contributed by atoms with van der Waals surface area (Å²) < 4.78 is 1.88. The van der Waals surface area contributed by atoms with Gasteiger partial charge in [-0.1, -0.05) is 20.8 Å². The van der Waals surface area contributed by atoms with E-state index in [-0.39, 0.29) is 0 Å². The molecule has 0 radical (unpaired) electrons. The van der Waals surface area contributed by atoms with Crippen LogP contribution < -0.4 is 5.32 Å². The summed E-state index contributed by atoms with van der Waals surface area (Å²) in [6.45, 7) is 7.33. The molecule has 0 atom stereocenters. The number of aryl methyl sites for hydroxylation is 2. The van der Waals surface area contributed by atoms with Crippen LogP contribution in [-0.2, 0) is 19.9 Å². The highest BCUT2D eigenvalue weighted by molar-refractivity contribution is 4.92. The summed E-state index contributed by atoms with van der Waals surface area (Å²) in [5, 5.41) is 7.67. The Bertz CT molecular complexity index is 278. The molecule has 4 heteroatoms. The maximum absolute atomic E-state index is 4.44. The van der Waals surface area contributed by atoms with Crippen molar-refractivity contribution in [2.45, 2.75) is 39.7 Å². The van der Waals surface area contributed by atoms with Gasteiger partial charge in [0.05, 0.1) is 0 Å². The van der Waals surface area contributed by atoms with Crippen LogP contribution in [-0.4, -0.2) is 27.4 Å².